The Bertz CT molecular complexity index is 1730. The van der Waals surface area contributed by atoms with Crippen LogP contribution in [-0.4, -0.2) is 35.8 Å². The third kappa shape index (κ3) is 5.43. The van der Waals surface area contributed by atoms with Gasteiger partial charge in [-0.3, -0.25) is 9.59 Å². The average Bonchev–Trinajstić information content (AvgIpc) is 3.72. The number of fused-ring (bicyclic) bond motifs is 1. The zero-order chi connectivity index (χ0) is 31.8. The number of aryl methyl sites for hydroxylation is 1. The number of allylic oxidation sites excluding steroid dienone is 2. The molecule has 2 aromatic heterocycles. The SMILES string of the molecule is COC(=O)[C@@]1(C)CCC[C@]2(C)C(CCc3ccoc3C(=O)c3cc(-c4ccc(OC)cc4)nn3-c3ccccc3)=C(C)CC[C@@H]12. The summed E-state index contributed by atoms with van der Waals surface area (Å²) >= 11 is 0. The van der Waals surface area contributed by atoms with Gasteiger partial charge in [-0.25, -0.2) is 4.68 Å². The maximum atomic E-state index is 14.2. The van der Waals surface area contributed by atoms with Crippen molar-refractivity contribution in [3.8, 4) is 22.7 Å². The second kappa shape index (κ2) is 12.2. The first-order valence-electron chi connectivity index (χ1n) is 15.9. The van der Waals surface area contributed by atoms with Gasteiger partial charge in [-0.15, -0.1) is 0 Å². The molecule has 4 aromatic rings. The number of methoxy groups -OCH3 is 2. The first kappa shape index (κ1) is 30.6. The van der Waals surface area contributed by atoms with Crippen LogP contribution in [0.15, 0.2) is 88.6 Å². The molecule has 1 saturated carbocycles. The van der Waals surface area contributed by atoms with Gasteiger partial charge in [0.15, 0.2) is 5.76 Å². The lowest BCUT2D eigenvalue weighted by Gasteiger charge is -2.54. The lowest BCUT2D eigenvalue weighted by molar-refractivity contribution is -0.163. The summed E-state index contributed by atoms with van der Waals surface area (Å²) < 4.78 is 18.2. The number of benzene rings is 2. The summed E-state index contributed by atoms with van der Waals surface area (Å²) in [7, 11) is 3.14. The van der Waals surface area contributed by atoms with Gasteiger partial charge in [0.05, 0.1) is 37.3 Å². The fraction of sp³-hybridized carbons (Fsp3) is 0.395. The second-order valence-corrected chi connectivity index (χ2v) is 13.0. The fourth-order valence-electron chi connectivity index (χ4n) is 8.17. The fourth-order valence-corrected chi connectivity index (χ4v) is 8.17. The molecule has 0 radical (unpaired) electrons. The Morgan fingerprint density at radius 1 is 1.00 bits per heavy atom. The van der Waals surface area contributed by atoms with Crippen molar-refractivity contribution >= 4 is 11.8 Å². The van der Waals surface area contributed by atoms with Gasteiger partial charge in [0.1, 0.15) is 11.4 Å². The van der Waals surface area contributed by atoms with E-state index in [0.717, 1.165) is 61.1 Å². The van der Waals surface area contributed by atoms with Crippen LogP contribution in [0.4, 0.5) is 0 Å². The minimum Gasteiger partial charge on any atom is -0.497 e. The molecule has 2 heterocycles. The minimum absolute atomic E-state index is 0.0867. The molecule has 6 rings (SSSR count). The van der Waals surface area contributed by atoms with Crippen molar-refractivity contribution in [2.45, 2.75) is 65.7 Å². The lowest BCUT2D eigenvalue weighted by atomic mass is 9.49. The van der Waals surface area contributed by atoms with E-state index in [4.69, 9.17) is 19.0 Å². The first-order valence-corrected chi connectivity index (χ1v) is 15.9. The Morgan fingerprint density at radius 3 is 2.47 bits per heavy atom. The van der Waals surface area contributed by atoms with E-state index in [0.29, 0.717) is 23.6 Å². The number of aromatic nitrogens is 2. The maximum absolute atomic E-state index is 14.2. The molecule has 0 amide bonds. The van der Waals surface area contributed by atoms with Gasteiger partial charge < -0.3 is 13.9 Å². The third-order valence-electron chi connectivity index (χ3n) is 10.5. The van der Waals surface area contributed by atoms with E-state index in [2.05, 4.69) is 20.8 Å². The first-order chi connectivity index (χ1) is 21.7. The van der Waals surface area contributed by atoms with Gasteiger partial charge in [-0.2, -0.15) is 5.10 Å². The van der Waals surface area contributed by atoms with Gasteiger partial charge in [0, 0.05) is 11.1 Å². The number of hydrogen-bond acceptors (Lipinski definition) is 6. The molecule has 2 aliphatic rings. The third-order valence-corrected chi connectivity index (χ3v) is 10.5. The van der Waals surface area contributed by atoms with E-state index in [1.165, 1.54) is 18.3 Å². The highest BCUT2D eigenvalue weighted by Gasteiger charge is 2.55. The summed E-state index contributed by atoms with van der Waals surface area (Å²) in [6.07, 6.45) is 7.97. The molecule has 0 spiro atoms. The molecule has 0 aliphatic heterocycles. The van der Waals surface area contributed by atoms with Crippen LogP contribution in [0.1, 0.15) is 81.1 Å². The van der Waals surface area contributed by atoms with Crippen molar-refractivity contribution in [3.63, 3.8) is 0 Å². The smallest absolute Gasteiger partial charge is 0.311 e. The number of rotatable bonds is 9. The number of carbonyl (C=O) groups excluding carboxylic acids is 2. The quantitative estimate of drug-likeness (QED) is 0.108. The summed E-state index contributed by atoms with van der Waals surface area (Å²) in [6, 6.07) is 21.1. The Hall–Kier alpha value is -4.39. The highest BCUT2D eigenvalue weighted by molar-refractivity contribution is 6.07. The number of furan rings is 1. The molecule has 0 unspecified atom stereocenters. The Balaban J connectivity index is 1.30. The molecular formula is C38H42N2O5. The van der Waals surface area contributed by atoms with Crippen LogP contribution in [0.25, 0.3) is 16.9 Å². The molecule has 0 bridgehead atoms. The molecule has 0 N–H and O–H groups in total. The van der Waals surface area contributed by atoms with Crippen molar-refractivity contribution in [2.75, 3.05) is 14.2 Å². The van der Waals surface area contributed by atoms with Crippen LogP contribution in [0.5, 0.6) is 5.75 Å². The summed E-state index contributed by atoms with van der Waals surface area (Å²) in [5.41, 5.74) is 5.93. The molecular weight excluding hydrogens is 564 g/mol. The van der Waals surface area contributed by atoms with E-state index < -0.39 is 5.41 Å². The summed E-state index contributed by atoms with van der Waals surface area (Å²) in [5.74, 6) is 1.02. The van der Waals surface area contributed by atoms with Crippen LogP contribution < -0.4 is 4.74 Å². The number of carbonyl (C=O) groups is 2. The van der Waals surface area contributed by atoms with Crippen molar-refractivity contribution in [1.82, 2.24) is 9.78 Å². The number of nitrogens with zero attached hydrogens (tertiary/aromatic N) is 2. The zero-order valence-electron chi connectivity index (χ0n) is 26.9. The van der Waals surface area contributed by atoms with Crippen LogP contribution in [-0.2, 0) is 16.0 Å². The normalized spacial score (nSPS) is 23.0. The molecule has 3 atom stereocenters. The molecule has 1 fully saturated rings. The molecule has 2 aliphatic carbocycles. The Labute approximate surface area is 265 Å². The monoisotopic (exact) mass is 606 g/mol. The Morgan fingerprint density at radius 2 is 1.76 bits per heavy atom. The number of para-hydroxylation sites is 1. The minimum atomic E-state index is -0.484. The van der Waals surface area contributed by atoms with Crippen LogP contribution >= 0.6 is 0 Å². The number of hydrogen-bond donors (Lipinski definition) is 0. The van der Waals surface area contributed by atoms with Crippen molar-refractivity contribution in [2.24, 2.45) is 16.7 Å². The summed E-state index contributed by atoms with van der Waals surface area (Å²) in [6.45, 7) is 6.68. The Kier molecular flexibility index (Phi) is 8.29. The maximum Gasteiger partial charge on any atom is 0.311 e. The van der Waals surface area contributed by atoms with E-state index in [9.17, 15) is 9.59 Å². The molecule has 7 heteroatoms. The summed E-state index contributed by atoms with van der Waals surface area (Å²) in [4.78, 5) is 27.3. The number of esters is 1. The second-order valence-electron chi connectivity index (χ2n) is 13.0. The highest BCUT2D eigenvalue weighted by Crippen LogP contribution is 2.60. The molecule has 0 saturated heterocycles. The molecule has 234 valence electrons. The predicted octanol–water partition coefficient (Wildman–Crippen LogP) is 8.40. The molecule has 2 aromatic carbocycles. The topological polar surface area (TPSA) is 83.6 Å². The van der Waals surface area contributed by atoms with Crippen LogP contribution in [0.3, 0.4) is 0 Å². The summed E-state index contributed by atoms with van der Waals surface area (Å²) in [5, 5.41) is 4.85. The van der Waals surface area contributed by atoms with Gasteiger partial charge >= 0.3 is 5.97 Å². The van der Waals surface area contributed by atoms with E-state index in [-0.39, 0.29) is 23.1 Å². The van der Waals surface area contributed by atoms with E-state index in [1.807, 2.05) is 66.7 Å². The average molecular weight is 607 g/mol. The van der Waals surface area contributed by atoms with Gasteiger partial charge in [0.25, 0.3) is 0 Å². The van der Waals surface area contributed by atoms with Gasteiger partial charge in [0.2, 0.25) is 5.78 Å². The van der Waals surface area contributed by atoms with Crippen molar-refractivity contribution in [3.05, 3.63) is 101 Å². The predicted molar refractivity (Wildman–Crippen MR) is 174 cm³/mol. The van der Waals surface area contributed by atoms with Crippen LogP contribution in [0, 0.1) is 16.7 Å². The lowest BCUT2D eigenvalue weighted by Crippen LogP contribution is -2.50. The standard InChI is InChI=1S/C38H42N2O5/c1-25-12-19-33-37(2,21-9-22-38(33,3)36(42)44-5)30(25)18-15-27-20-23-45-35(27)34(41)32-24-31(26-13-16-29(43-4)17-14-26)39-40(32)28-10-7-6-8-11-28/h6-8,10-11,13-14,16-17,20,23-24,33H,9,12,15,18-19,21-22H2,1-5H3/t33-,37-,38+/m1/s1. The number of ketones is 1. The largest absolute Gasteiger partial charge is 0.497 e. The van der Waals surface area contributed by atoms with E-state index in [1.54, 1.807) is 18.1 Å². The van der Waals surface area contributed by atoms with Gasteiger partial charge in [-0.05, 0) is 112 Å². The van der Waals surface area contributed by atoms with Crippen molar-refractivity contribution < 1.29 is 23.5 Å². The molecule has 7 nitrogen and oxygen atoms in total. The van der Waals surface area contributed by atoms with Crippen molar-refractivity contribution in [1.29, 1.82) is 0 Å². The van der Waals surface area contributed by atoms with Gasteiger partial charge in [-0.1, -0.05) is 42.7 Å². The number of ether oxygens (including phenoxy) is 2. The molecule has 45 heavy (non-hydrogen) atoms. The van der Waals surface area contributed by atoms with E-state index >= 15 is 0 Å². The van der Waals surface area contributed by atoms with Crippen LogP contribution in [0.2, 0.25) is 0 Å². The zero-order valence-corrected chi connectivity index (χ0v) is 26.9. The highest BCUT2D eigenvalue weighted by atomic mass is 16.5.